The summed E-state index contributed by atoms with van der Waals surface area (Å²) in [4.78, 5) is 15.5. The van der Waals surface area contributed by atoms with Crippen molar-refractivity contribution < 1.29 is 9.18 Å². The minimum absolute atomic E-state index is 0.299. The lowest BCUT2D eigenvalue weighted by atomic mass is 10.3. The number of nitriles is 1. The van der Waals surface area contributed by atoms with Crippen LogP contribution in [-0.2, 0) is 0 Å². The van der Waals surface area contributed by atoms with Gasteiger partial charge in [0.2, 0.25) is 0 Å². The van der Waals surface area contributed by atoms with E-state index in [-0.39, 0.29) is 0 Å². The van der Waals surface area contributed by atoms with Crippen LogP contribution in [0.5, 0.6) is 0 Å². The van der Waals surface area contributed by atoms with Crippen LogP contribution in [-0.4, -0.2) is 11.0 Å². The molecule has 94 valence electrons. The van der Waals surface area contributed by atoms with E-state index in [0.29, 0.717) is 17.1 Å². The molecule has 5 nitrogen and oxygen atoms in total. The summed E-state index contributed by atoms with van der Waals surface area (Å²) >= 11 is 0. The van der Waals surface area contributed by atoms with E-state index in [9.17, 15) is 9.18 Å². The quantitative estimate of drug-likeness (QED) is 0.867. The zero-order valence-electron chi connectivity index (χ0n) is 9.72. The summed E-state index contributed by atoms with van der Waals surface area (Å²) in [5.74, 6) is -0.137. The van der Waals surface area contributed by atoms with Gasteiger partial charge >= 0.3 is 6.03 Å². The summed E-state index contributed by atoms with van der Waals surface area (Å²) in [6.07, 6.45) is 1.35. The highest BCUT2D eigenvalue weighted by molar-refractivity contribution is 5.99. The molecule has 2 rings (SSSR count). The molecule has 0 aliphatic heterocycles. The Morgan fingerprint density at radius 3 is 2.74 bits per heavy atom. The number of aromatic nitrogens is 1. The van der Waals surface area contributed by atoms with Crippen molar-refractivity contribution in [1.82, 2.24) is 4.98 Å². The Kier molecular flexibility index (Phi) is 3.69. The summed E-state index contributed by atoms with van der Waals surface area (Å²) in [5, 5.41) is 13.5. The third-order valence-electron chi connectivity index (χ3n) is 2.22. The average Bonchev–Trinajstić information content (AvgIpc) is 2.39. The highest BCUT2D eigenvalue weighted by Crippen LogP contribution is 2.10. The van der Waals surface area contributed by atoms with E-state index in [0.717, 1.165) is 0 Å². The second kappa shape index (κ2) is 5.60. The standard InChI is InChI=1S/C13H9FN4O/c14-10-2-1-3-11(6-10)17-13(19)18-12-5-4-9(7-15)8-16-12/h1-6,8H,(H2,16,17,18,19). The highest BCUT2D eigenvalue weighted by Gasteiger charge is 2.04. The maximum absolute atomic E-state index is 12.9. The number of urea groups is 1. The molecule has 1 aromatic heterocycles. The minimum Gasteiger partial charge on any atom is -0.308 e. The molecule has 2 N–H and O–H groups in total. The molecular formula is C13H9FN4O. The molecule has 0 aliphatic rings. The topological polar surface area (TPSA) is 77.8 Å². The molecule has 6 heteroatoms. The van der Waals surface area contributed by atoms with Crippen LogP contribution >= 0.6 is 0 Å². The number of nitrogens with one attached hydrogen (secondary N) is 2. The fourth-order valence-corrected chi connectivity index (χ4v) is 1.38. The molecule has 0 radical (unpaired) electrons. The van der Waals surface area contributed by atoms with Crippen molar-refractivity contribution in [1.29, 1.82) is 5.26 Å². The van der Waals surface area contributed by atoms with Gasteiger partial charge in [0.25, 0.3) is 0 Å². The van der Waals surface area contributed by atoms with Crippen molar-refractivity contribution in [3.8, 4) is 6.07 Å². The van der Waals surface area contributed by atoms with Crippen molar-refractivity contribution in [2.45, 2.75) is 0 Å². The molecular weight excluding hydrogens is 247 g/mol. The van der Waals surface area contributed by atoms with Gasteiger partial charge in [0, 0.05) is 11.9 Å². The summed E-state index contributed by atoms with van der Waals surface area (Å²) in [7, 11) is 0. The van der Waals surface area contributed by atoms with Crippen LogP contribution in [0.4, 0.5) is 20.7 Å². The predicted molar refractivity (Wildman–Crippen MR) is 68.0 cm³/mol. The number of hydrogen-bond donors (Lipinski definition) is 2. The smallest absolute Gasteiger partial charge is 0.308 e. The molecule has 0 aliphatic carbocycles. The number of carbonyl (C=O) groups excluding carboxylic acids is 1. The molecule has 2 aromatic rings. The van der Waals surface area contributed by atoms with E-state index in [1.807, 2.05) is 6.07 Å². The molecule has 0 fully saturated rings. The maximum Gasteiger partial charge on any atom is 0.324 e. The molecule has 0 spiro atoms. The van der Waals surface area contributed by atoms with Crippen molar-refractivity contribution >= 4 is 17.5 Å². The Hall–Kier alpha value is -2.94. The summed E-state index contributed by atoms with van der Waals surface area (Å²) in [5.41, 5.74) is 0.738. The molecule has 0 bridgehead atoms. The number of pyridine rings is 1. The first-order valence-electron chi connectivity index (χ1n) is 5.37. The van der Waals surface area contributed by atoms with E-state index in [4.69, 9.17) is 5.26 Å². The number of hydrogen-bond acceptors (Lipinski definition) is 3. The Balaban J connectivity index is 1.99. The second-order valence-electron chi connectivity index (χ2n) is 3.63. The van der Waals surface area contributed by atoms with E-state index < -0.39 is 11.8 Å². The number of nitrogens with zero attached hydrogens (tertiary/aromatic N) is 2. The van der Waals surface area contributed by atoms with Gasteiger partial charge in [0.15, 0.2) is 0 Å². The van der Waals surface area contributed by atoms with Gasteiger partial charge in [-0.25, -0.2) is 14.2 Å². The van der Waals surface area contributed by atoms with Crippen molar-refractivity contribution in [2.75, 3.05) is 10.6 Å². The molecule has 0 unspecified atom stereocenters. The van der Waals surface area contributed by atoms with Crippen LogP contribution in [0, 0.1) is 17.1 Å². The first-order chi connectivity index (χ1) is 9.17. The largest absolute Gasteiger partial charge is 0.324 e. The van der Waals surface area contributed by atoms with Gasteiger partial charge < -0.3 is 5.32 Å². The van der Waals surface area contributed by atoms with Gasteiger partial charge in [0.1, 0.15) is 17.7 Å². The fourth-order valence-electron chi connectivity index (χ4n) is 1.38. The zero-order chi connectivity index (χ0) is 13.7. The van der Waals surface area contributed by atoms with Crippen molar-refractivity contribution in [2.24, 2.45) is 0 Å². The maximum atomic E-state index is 12.9. The summed E-state index contributed by atoms with van der Waals surface area (Å²) in [6.45, 7) is 0. The third-order valence-corrected chi connectivity index (χ3v) is 2.22. The van der Waals surface area contributed by atoms with Crippen molar-refractivity contribution in [3.63, 3.8) is 0 Å². The summed E-state index contributed by atoms with van der Waals surface area (Å²) < 4.78 is 12.9. The number of halogens is 1. The lowest BCUT2D eigenvalue weighted by molar-refractivity contribution is 0.262. The van der Waals surface area contributed by atoms with Crippen LogP contribution in [0.15, 0.2) is 42.6 Å². The highest BCUT2D eigenvalue weighted by atomic mass is 19.1. The molecule has 0 saturated carbocycles. The van der Waals surface area contributed by atoms with Gasteiger partial charge in [-0.3, -0.25) is 5.32 Å². The normalized spacial score (nSPS) is 9.47. The minimum atomic E-state index is -0.539. The predicted octanol–water partition coefficient (Wildman–Crippen LogP) is 2.74. The lowest BCUT2D eigenvalue weighted by Crippen LogP contribution is -2.20. The van der Waals surface area contributed by atoms with Gasteiger partial charge in [-0.15, -0.1) is 0 Å². The molecule has 0 atom stereocenters. The Bertz CT molecular complexity index is 634. The fraction of sp³-hybridized carbons (Fsp3) is 0. The number of carbonyl (C=O) groups is 1. The molecule has 19 heavy (non-hydrogen) atoms. The average molecular weight is 256 g/mol. The first kappa shape index (κ1) is 12.5. The number of rotatable bonds is 2. The van der Waals surface area contributed by atoms with E-state index >= 15 is 0 Å². The van der Waals surface area contributed by atoms with Crippen LogP contribution in [0.25, 0.3) is 0 Å². The van der Waals surface area contributed by atoms with Gasteiger partial charge in [0.05, 0.1) is 5.56 Å². The van der Waals surface area contributed by atoms with Crippen LogP contribution < -0.4 is 10.6 Å². The molecule has 2 amide bonds. The van der Waals surface area contributed by atoms with Gasteiger partial charge in [-0.05, 0) is 30.3 Å². The molecule has 0 saturated heterocycles. The lowest BCUT2D eigenvalue weighted by Gasteiger charge is -2.06. The van der Waals surface area contributed by atoms with Crippen LogP contribution in [0.2, 0.25) is 0 Å². The zero-order valence-corrected chi connectivity index (χ0v) is 9.72. The monoisotopic (exact) mass is 256 g/mol. The van der Waals surface area contributed by atoms with Gasteiger partial charge in [-0.2, -0.15) is 5.26 Å². The van der Waals surface area contributed by atoms with E-state index in [1.54, 1.807) is 6.07 Å². The SMILES string of the molecule is N#Cc1ccc(NC(=O)Nc2cccc(F)c2)nc1. The summed E-state index contributed by atoms with van der Waals surface area (Å²) in [6, 6.07) is 9.96. The van der Waals surface area contributed by atoms with Crippen LogP contribution in [0.3, 0.4) is 0 Å². The van der Waals surface area contributed by atoms with Crippen molar-refractivity contribution in [3.05, 3.63) is 54.0 Å². The third kappa shape index (κ3) is 3.51. The van der Waals surface area contributed by atoms with Crippen LogP contribution in [0.1, 0.15) is 5.56 Å². The molecule has 1 aromatic carbocycles. The van der Waals surface area contributed by atoms with Gasteiger partial charge in [-0.1, -0.05) is 6.07 Å². The van der Waals surface area contributed by atoms with E-state index in [1.165, 1.54) is 36.5 Å². The molecule has 1 heterocycles. The Morgan fingerprint density at radius 1 is 1.26 bits per heavy atom. The Morgan fingerprint density at radius 2 is 2.11 bits per heavy atom. The number of anilines is 2. The Labute approximate surface area is 108 Å². The second-order valence-corrected chi connectivity index (χ2v) is 3.63. The number of amides is 2. The van der Waals surface area contributed by atoms with E-state index in [2.05, 4.69) is 15.6 Å². The first-order valence-corrected chi connectivity index (χ1v) is 5.37. The number of benzene rings is 1.